The molecule has 1 fully saturated rings. The first-order valence-electron chi connectivity index (χ1n) is 7.85. The second kappa shape index (κ2) is 8.13. The number of benzene rings is 1. The zero-order chi connectivity index (χ0) is 19.3. The number of amides is 2. The van der Waals surface area contributed by atoms with E-state index in [0.717, 1.165) is 25.9 Å². The monoisotopic (exact) mass is 370 g/mol. The molecule has 2 amide bonds. The Morgan fingerprint density at radius 1 is 1.19 bits per heavy atom. The van der Waals surface area contributed by atoms with Crippen LogP contribution in [0.3, 0.4) is 0 Å². The van der Waals surface area contributed by atoms with E-state index < -0.39 is 12.1 Å². The quantitative estimate of drug-likeness (QED) is 0.616. The third-order valence-electron chi connectivity index (χ3n) is 3.89. The van der Waals surface area contributed by atoms with E-state index in [1.807, 2.05) is 6.08 Å². The fourth-order valence-electron chi connectivity index (χ4n) is 2.58. The number of hydrogen-bond acceptors (Lipinski definition) is 4. The van der Waals surface area contributed by atoms with Gasteiger partial charge in [0.2, 0.25) is 0 Å². The standard InChI is InChI=1S/C15H16N2O2.C2HF3O2/c18-14-12-5-1-2-6-13(12)15(19)17(14)9-7-11-4-3-8-16-10-11;3-2(4,5)1(6)7/h1-2,5-7,16H,3-4,8-10H2;(H,6,7). The molecule has 2 heterocycles. The number of fused-ring (bicyclic) bond motifs is 1. The molecule has 2 aliphatic heterocycles. The number of hydrogen-bond donors (Lipinski definition) is 2. The van der Waals surface area contributed by atoms with E-state index in [4.69, 9.17) is 9.90 Å². The lowest BCUT2D eigenvalue weighted by Gasteiger charge is -2.17. The molecule has 0 aliphatic carbocycles. The van der Waals surface area contributed by atoms with Crippen molar-refractivity contribution in [2.24, 2.45) is 0 Å². The molecule has 9 heteroatoms. The normalized spacial score (nSPS) is 18.4. The van der Waals surface area contributed by atoms with Gasteiger partial charge in [-0.05, 0) is 31.5 Å². The summed E-state index contributed by atoms with van der Waals surface area (Å²) >= 11 is 0. The van der Waals surface area contributed by atoms with E-state index in [1.54, 1.807) is 24.3 Å². The van der Waals surface area contributed by atoms with E-state index in [2.05, 4.69) is 5.32 Å². The van der Waals surface area contributed by atoms with Crippen molar-refractivity contribution in [2.75, 3.05) is 19.6 Å². The molecule has 0 atom stereocenters. The average Bonchev–Trinajstić information content (AvgIpc) is 2.85. The number of carboxylic acids is 1. The number of carbonyl (C=O) groups excluding carboxylic acids is 2. The summed E-state index contributed by atoms with van der Waals surface area (Å²) in [6.07, 6.45) is -0.905. The lowest BCUT2D eigenvalue weighted by Crippen LogP contribution is -2.31. The van der Waals surface area contributed by atoms with Crippen LogP contribution in [0.25, 0.3) is 0 Å². The van der Waals surface area contributed by atoms with Gasteiger partial charge in [-0.3, -0.25) is 14.5 Å². The molecule has 1 aromatic rings. The minimum Gasteiger partial charge on any atom is -0.475 e. The number of rotatable bonds is 2. The van der Waals surface area contributed by atoms with Gasteiger partial charge in [0.1, 0.15) is 0 Å². The van der Waals surface area contributed by atoms with Gasteiger partial charge in [0.05, 0.1) is 11.1 Å². The molecular weight excluding hydrogens is 353 g/mol. The van der Waals surface area contributed by atoms with Crippen LogP contribution in [-0.2, 0) is 4.79 Å². The number of nitrogens with one attached hydrogen (secondary N) is 1. The van der Waals surface area contributed by atoms with Crippen LogP contribution in [-0.4, -0.2) is 53.6 Å². The Morgan fingerprint density at radius 3 is 2.15 bits per heavy atom. The second-order valence-corrected chi connectivity index (χ2v) is 5.71. The van der Waals surface area contributed by atoms with Crippen molar-refractivity contribution in [3.63, 3.8) is 0 Å². The Morgan fingerprint density at radius 2 is 1.73 bits per heavy atom. The first-order chi connectivity index (χ1) is 12.2. The zero-order valence-corrected chi connectivity index (χ0v) is 13.7. The third kappa shape index (κ3) is 4.69. The second-order valence-electron chi connectivity index (χ2n) is 5.71. The number of imide groups is 1. The molecule has 26 heavy (non-hydrogen) atoms. The molecule has 2 N–H and O–H groups in total. The average molecular weight is 370 g/mol. The minimum atomic E-state index is -5.08. The smallest absolute Gasteiger partial charge is 0.475 e. The first-order valence-corrected chi connectivity index (χ1v) is 7.85. The number of aliphatic carboxylic acids is 1. The summed E-state index contributed by atoms with van der Waals surface area (Å²) in [5.74, 6) is -3.12. The number of nitrogens with zero attached hydrogens (tertiary/aromatic N) is 1. The van der Waals surface area contributed by atoms with Crippen LogP contribution in [0.15, 0.2) is 35.9 Å². The molecule has 0 aromatic heterocycles. The van der Waals surface area contributed by atoms with E-state index in [1.165, 1.54) is 10.5 Å². The number of carboxylic acid groups (broad SMARTS) is 1. The Kier molecular flexibility index (Phi) is 6.14. The molecule has 0 saturated carbocycles. The van der Waals surface area contributed by atoms with Gasteiger partial charge in [0.25, 0.3) is 11.8 Å². The first kappa shape index (κ1) is 19.6. The van der Waals surface area contributed by atoms with Crippen molar-refractivity contribution in [3.05, 3.63) is 47.0 Å². The van der Waals surface area contributed by atoms with Gasteiger partial charge in [0.15, 0.2) is 0 Å². The van der Waals surface area contributed by atoms with Crippen LogP contribution in [0.4, 0.5) is 13.2 Å². The predicted octanol–water partition coefficient (Wildman–Crippen LogP) is 2.23. The van der Waals surface area contributed by atoms with Crippen LogP contribution >= 0.6 is 0 Å². The summed E-state index contributed by atoms with van der Waals surface area (Å²) < 4.78 is 31.7. The molecule has 0 radical (unpaired) electrons. The van der Waals surface area contributed by atoms with Crippen LogP contribution in [0.1, 0.15) is 33.6 Å². The molecule has 3 rings (SSSR count). The number of piperidine rings is 1. The van der Waals surface area contributed by atoms with Crippen LogP contribution in [0, 0.1) is 0 Å². The van der Waals surface area contributed by atoms with Crippen LogP contribution in [0.2, 0.25) is 0 Å². The SMILES string of the molecule is O=C(O)C(F)(F)F.O=C1c2ccccc2C(=O)N1CC=C1CCCNC1. The maximum absolute atomic E-state index is 12.1. The van der Waals surface area contributed by atoms with Gasteiger partial charge < -0.3 is 10.4 Å². The number of alkyl halides is 3. The van der Waals surface area contributed by atoms with E-state index in [9.17, 15) is 22.8 Å². The maximum atomic E-state index is 12.1. The van der Waals surface area contributed by atoms with Crippen LogP contribution < -0.4 is 5.32 Å². The summed E-state index contributed by atoms with van der Waals surface area (Å²) in [7, 11) is 0. The summed E-state index contributed by atoms with van der Waals surface area (Å²) in [6.45, 7) is 2.29. The van der Waals surface area contributed by atoms with Crippen molar-refractivity contribution in [2.45, 2.75) is 19.0 Å². The highest BCUT2D eigenvalue weighted by atomic mass is 19.4. The minimum absolute atomic E-state index is 0.179. The molecule has 140 valence electrons. The van der Waals surface area contributed by atoms with Crippen LogP contribution in [0.5, 0.6) is 0 Å². The fraction of sp³-hybridized carbons (Fsp3) is 0.353. The molecule has 1 aromatic carbocycles. The van der Waals surface area contributed by atoms with E-state index >= 15 is 0 Å². The molecular formula is C17H17F3N2O4. The van der Waals surface area contributed by atoms with Crippen molar-refractivity contribution in [3.8, 4) is 0 Å². The van der Waals surface area contributed by atoms with Crippen molar-refractivity contribution >= 4 is 17.8 Å². The molecule has 0 bridgehead atoms. The lowest BCUT2D eigenvalue weighted by atomic mass is 10.1. The lowest BCUT2D eigenvalue weighted by molar-refractivity contribution is -0.192. The highest BCUT2D eigenvalue weighted by Gasteiger charge is 2.38. The van der Waals surface area contributed by atoms with Gasteiger partial charge >= 0.3 is 12.1 Å². The van der Waals surface area contributed by atoms with Crippen molar-refractivity contribution in [1.82, 2.24) is 10.2 Å². The Balaban J connectivity index is 0.000000298. The molecule has 0 spiro atoms. The van der Waals surface area contributed by atoms with Gasteiger partial charge in [-0.15, -0.1) is 0 Å². The predicted molar refractivity (Wildman–Crippen MR) is 85.7 cm³/mol. The summed E-state index contributed by atoms with van der Waals surface area (Å²) in [4.78, 5) is 34.5. The summed E-state index contributed by atoms with van der Waals surface area (Å²) in [5.41, 5.74) is 2.32. The van der Waals surface area contributed by atoms with Gasteiger partial charge in [-0.1, -0.05) is 23.8 Å². The fourth-order valence-corrected chi connectivity index (χ4v) is 2.58. The largest absolute Gasteiger partial charge is 0.490 e. The van der Waals surface area contributed by atoms with Gasteiger partial charge in [-0.25, -0.2) is 4.79 Å². The molecule has 6 nitrogen and oxygen atoms in total. The molecule has 2 aliphatic rings. The number of halogens is 3. The van der Waals surface area contributed by atoms with E-state index in [0.29, 0.717) is 17.7 Å². The molecule has 1 saturated heterocycles. The summed E-state index contributed by atoms with van der Waals surface area (Å²) in [6, 6.07) is 7.00. The maximum Gasteiger partial charge on any atom is 0.490 e. The van der Waals surface area contributed by atoms with Gasteiger partial charge in [-0.2, -0.15) is 13.2 Å². The Bertz CT molecular complexity index is 701. The molecule has 0 unspecified atom stereocenters. The topological polar surface area (TPSA) is 86.7 Å². The zero-order valence-electron chi connectivity index (χ0n) is 13.7. The number of carbonyl (C=O) groups is 3. The third-order valence-corrected chi connectivity index (χ3v) is 3.89. The van der Waals surface area contributed by atoms with Crippen molar-refractivity contribution < 1.29 is 32.7 Å². The van der Waals surface area contributed by atoms with Gasteiger partial charge in [0, 0.05) is 13.1 Å². The Labute approximate surface area is 147 Å². The summed E-state index contributed by atoms with van der Waals surface area (Å²) in [5, 5.41) is 10.4. The van der Waals surface area contributed by atoms with E-state index in [-0.39, 0.29) is 11.8 Å². The Hall–Kier alpha value is -2.68. The highest BCUT2D eigenvalue weighted by molar-refractivity contribution is 6.21. The van der Waals surface area contributed by atoms with Crippen molar-refractivity contribution in [1.29, 1.82) is 0 Å². The highest BCUT2D eigenvalue weighted by Crippen LogP contribution is 2.22.